The van der Waals surface area contributed by atoms with Gasteiger partial charge in [-0.2, -0.15) is 0 Å². The van der Waals surface area contributed by atoms with E-state index in [0.717, 1.165) is 0 Å². The summed E-state index contributed by atoms with van der Waals surface area (Å²) in [7, 11) is 0. The average Bonchev–Trinajstić information content (AvgIpc) is 3.59. The summed E-state index contributed by atoms with van der Waals surface area (Å²) in [6, 6.07) is 45.4. The smallest absolute Gasteiger partial charge is 0.264 e. The third-order valence-corrected chi connectivity index (χ3v) is 16.0. The monoisotopic (exact) mass is 844 g/mol. The summed E-state index contributed by atoms with van der Waals surface area (Å²) in [5.74, 6) is 0. The van der Waals surface area contributed by atoms with E-state index >= 15 is 0 Å². The van der Waals surface area contributed by atoms with Gasteiger partial charge in [0.25, 0.3) is 6.71 Å². The minimum Gasteiger partial charge on any atom is -0.311 e. The topological polar surface area (TPSA) is 6.48 Å². The van der Waals surface area contributed by atoms with Crippen molar-refractivity contribution in [2.45, 2.75) is 137 Å². The molecule has 3 aliphatic rings. The van der Waals surface area contributed by atoms with Gasteiger partial charge in [-0.3, -0.25) is 0 Å². The van der Waals surface area contributed by atoms with Crippen molar-refractivity contribution >= 4 is 78.0 Å². The lowest BCUT2D eigenvalue weighted by Gasteiger charge is -2.44. The molecule has 0 N–H and O–H groups in total. The number of hydrogen-bond donors (Lipinski definition) is 0. The Hall–Kier alpha value is -5.06. The van der Waals surface area contributed by atoms with E-state index in [1.807, 2.05) is 11.3 Å². The Morgan fingerprint density at radius 2 is 1.08 bits per heavy atom. The van der Waals surface area contributed by atoms with E-state index in [1.165, 1.54) is 117 Å². The molecule has 7 aromatic rings. The van der Waals surface area contributed by atoms with Crippen molar-refractivity contribution in [3.05, 3.63) is 149 Å². The molecular weight excluding hydrogens is 780 g/mol. The van der Waals surface area contributed by atoms with E-state index in [-0.39, 0.29) is 33.8 Å². The lowest BCUT2D eigenvalue weighted by molar-refractivity contribution is 0.332. The molecule has 0 saturated carbocycles. The highest BCUT2D eigenvalue weighted by Gasteiger charge is 2.47. The van der Waals surface area contributed by atoms with Gasteiger partial charge in [-0.1, -0.05) is 151 Å². The van der Waals surface area contributed by atoms with Gasteiger partial charge in [0.05, 0.1) is 11.4 Å². The second-order valence-electron chi connectivity index (χ2n) is 23.5. The third-order valence-electron chi connectivity index (χ3n) is 14.8. The number of thiophene rings is 1. The van der Waals surface area contributed by atoms with Crippen molar-refractivity contribution < 1.29 is 0 Å². The highest BCUT2D eigenvalue weighted by Crippen LogP contribution is 2.54. The molecule has 3 heterocycles. The normalized spacial score (nSPS) is 16.4. The first-order chi connectivity index (χ1) is 29.5. The summed E-state index contributed by atoms with van der Waals surface area (Å²) < 4.78 is 2.83. The lowest BCUT2D eigenvalue weighted by Crippen LogP contribution is -2.60. The van der Waals surface area contributed by atoms with E-state index in [9.17, 15) is 0 Å². The van der Waals surface area contributed by atoms with Crippen LogP contribution in [-0.2, 0) is 27.1 Å². The number of aryl methyl sites for hydroxylation is 1. The predicted molar refractivity (Wildman–Crippen MR) is 277 cm³/mol. The quantitative estimate of drug-likeness (QED) is 0.164. The zero-order valence-electron chi connectivity index (χ0n) is 40.3. The van der Waals surface area contributed by atoms with E-state index in [1.54, 1.807) is 0 Å². The van der Waals surface area contributed by atoms with E-state index < -0.39 is 0 Å². The highest BCUT2D eigenvalue weighted by molar-refractivity contribution is 7.33. The highest BCUT2D eigenvalue weighted by atomic mass is 32.1. The number of fused-ring (bicyclic) bond motifs is 7. The summed E-state index contributed by atoms with van der Waals surface area (Å²) in [4.78, 5) is 5.29. The fourth-order valence-electron chi connectivity index (χ4n) is 10.8. The van der Waals surface area contributed by atoms with Gasteiger partial charge in [0, 0.05) is 43.2 Å². The Bertz CT molecular complexity index is 2960. The molecule has 0 unspecified atom stereocenters. The molecule has 0 amide bonds. The van der Waals surface area contributed by atoms with Crippen LogP contribution in [0, 0.1) is 6.92 Å². The number of hydrogen-bond acceptors (Lipinski definition) is 3. The molecule has 1 aromatic heterocycles. The Morgan fingerprint density at radius 3 is 1.68 bits per heavy atom. The first kappa shape index (κ1) is 41.9. The average molecular weight is 845 g/mol. The zero-order chi connectivity index (χ0) is 44.8. The van der Waals surface area contributed by atoms with Crippen LogP contribution in [-0.4, -0.2) is 6.71 Å². The number of rotatable bonds is 3. The van der Waals surface area contributed by atoms with Gasteiger partial charge < -0.3 is 9.80 Å². The Morgan fingerprint density at radius 1 is 0.540 bits per heavy atom. The standard InChI is InChI=1S/C59H65BN2S/c1-36-30-49-52-50(31-36)62(47-26-22-39(56(5,6)7)32-42(47)37-18-16-15-17-19-37)53-43-34-44-45(59(13,14)29-28-58(44,11)12)35-51(43)63-54(53)60(52)46-33-40(57(8,9)10)23-27-48(46)61(49)41-24-20-38(21-25-41)55(2,3)4/h15-27,30-35H,28-29H2,1-14H3. The lowest BCUT2D eigenvalue weighted by atomic mass is 9.36. The van der Waals surface area contributed by atoms with Crippen LogP contribution in [0.25, 0.3) is 21.2 Å². The van der Waals surface area contributed by atoms with Crippen molar-refractivity contribution in [3.63, 3.8) is 0 Å². The molecular formula is C59H65BN2S. The summed E-state index contributed by atoms with van der Waals surface area (Å²) in [5.41, 5.74) is 21.5. The van der Waals surface area contributed by atoms with Gasteiger partial charge in [0.2, 0.25) is 0 Å². The summed E-state index contributed by atoms with van der Waals surface area (Å²) in [6.07, 6.45) is 2.38. The van der Waals surface area contributed by atoms with Gasteiger partial charge >= 0.3 is 0 Å². The third kappa shape index (κ3) is 6.72. The molecule has 0 saturated heterocycles. The summed E-state index contributed by atoms with van der Waals surface area (Å²) in [6.45, 7) is 33.2. The molecule has 2 aliphatic heterocycles. The van der Waals surface area contributed by atoms with Crippen LogP contribution < -0.4 is 25.5 Å². The van der Waals surface area contributed by atoms with Crippen LogP contribution in [0.5, 0.6) is 0 Å². The van der Waals surface area contributed by atoms with Gasteiger partial charge in [-0.15, -0.1) is 11.3 Å². The Labute approximate surface area is 382 Å². The van der Waals surface area contributed by atoms with Crippen molar-refractivity contribution in [2.24, 2.45) is 0 Å². The van der Waals surface area contributed by atoms with Crippen molar-refractivity contribution in [1.29, 1.82) is 0 Å². The molecule has 0 fully saturated rings. The van der Waals surface area contributed by atoms with Gasteiger partial charge in [0.15, 0.2) is 0 Å². The van der Waals surface area contributed by atoms with Crippen LogP contribution in [0.2, 0.25) is 0 Å². The van der Waals surface area contributed by atoms with E-state index in [2.05, 4.69) is 222 Å². The first-order valence-corrected chi connectivity index (χ1v) is 24.2. The maximum absolute atomic E-state index is 2.71. The van der Waals surface area contributed by atoms with Crippen molar-refractivity contribution in [2.75, 3.05) is 9.80 Å². The molecule has 0 radical (unpaired) electrons. The molecule has 320 valence electrons. The van der Waals surface area contributed by atoms with Crippen LogP contribution in [0.4, 0.5) is 34.1 Å². The molecule has 0 atom stereocenters. The molecule has 2 nitrogen and oxygen atoms in total. The zero-order valence-corrected chi connectivity index (χ0v) is 41.1. The predicted octanol–water partition coefficient (Wildman–Crippen LogP) is 15.2. The fourth-order valence-corrected chi connectivity index (χ4v) is 12.2. The largest absolute Gasteiger partial charge is 0.311 e. The summed E-state index contributed by atoms with van der Waals surface area (Å²) >= 11 is 2.04. The Balaban J connectivity index is 1.35. The first-order valence-electron chi connectivity index (χ1n) is 23.3. The second kappa shape index (κ2) is 14.0. The van der Waals surface area contributed by atoms with Crippen LogP contribution in [0.1, 0.15) is 136 Å². The maximum atomic E-state index is 2.71. The van der Waals surface area contributed by atoms with Crippen molar-refractivity contribution in [1.82, 2.24) is 0 Å². The van der Waals surface area contributed by atoms with Crippen LogP contribution >= 0.6 is 11.3 Å². The Kier molecular flexibility index (Phi) is 9.30. The molecule has 63 heavy (non-hydrogen) atoms. The summed E-state index contributed by atoms with van der Waals surface area (Å²) in [5, 5.41) is 1.38. The molecule has 0 bridgehead atoms. The molecule has 10 rings (SSSR count). The molecule has 0 spiro atoms. The SMILES string of the molecule is Cc1cc2c3c(c1)N(c1ccc(C(C)(C)C)cc1-c1ccccc1)c1c(sc4cc5c(cc14)C(C)(C)CCC5(C)C)B3c1cc(C(C)(C)C)ccc1N2c1ccc(C(C)(C)C)cc1. The fraction of sp³-hybridized carbons (Fsp3) is 0.356. The van der Waals surface area contributed by atoms with Gasteiger partial charge in [0.1, 0.15) is 0 Å². The molecule has 4 heteroatoms. The maximum Gasteiger partial charge on any atom is 0.264 e. The second-order valence-corrected chi connectivity index (χ2v) is 24.5. The van der Waals surface area contributed by atoms with Crippen LogP contribution in [0.15, 0.2) is 115 Å². The van der Waals surface area contributed by atoms with Gasteiger partial charge in [-0.25, -0.2) is 0 Å². The number of anilines is 6. The minimum atomic E-state index is -0.0100. The molecule has 6 aromatic carbocycles. The van der Waals surface area contributed by atoms with E-state index in [4.69, 9.17) is 0 Å². The minimum absolute atomic E-state index is 0.00719. The van der Waals surface area contributed by atoms with Crippen molar-refractivity contribution in [3.8, 4) is 11.1 Å². The molecule has 1 aliphatic carbocycles. The van der Waals surface area contributed by atoms with Gasteiger partial charge in [-0.05, 0) is 151 Å². The number of benzene rings is 6. The number of nitrogens with zero attached hydrogens (tertiary/aromatic N) is 2. The van der Waals surface area contributed by atoms with Crippen LogP contribution in [0.3, 0.4) is 0 Å². The van der Waals surface area contributed by atoms with E-state index in [0.29, 0.717) is 0 Å².